The van der Waals surface area contributed by atoms with Gasteiger partial charge in [0.05, 0.1) is 0 Å². The Morgan fingerprint density at radius 2 is 2.00 bits per heavy atom. The first kappa shape index (κ1) is 10.4. The highest BCUT2D eigenvalue weighted by Gasteiger charge is 1.90. The van der Waals surface area contributed by atoms with E-state index >= 15 is 0 Å². The first-order valence-electron chi connectivity index (χ1n) is 3.78. The Kier molecular flexibility index (Phi) is 4.06. The van der Waals surface area contributed by atoms with Crippen molar-refractivity contribution in [3.05, 3.63) is 40.8 Å². The molecule has 1 aromatic carbocycles. The molecule has 0 fully saturated rings. The number of hydrogen-bond donors (Lipinski definition) is 0. The maximum atomic E-state index is 10.6. The largest absolute Gasteiger partial charge is 0.295 e. The van der Waals surface area contributed by atoms with Gasteiger partial charge in [-0.05, 0) is 42.7 Å². The fraction of sp³-hybridized carbons (Fsp3) is 0.100. The average Bonchev–Trinajstić information content (AvgIpc) is 2.08. The van der Waals surface area contributed by atoms with Gasteiger partial charge in [0.25, 0.3) is 0 Å². The fourth-order valence-electron chi connectivity index (χ4n) is 0.722. The van der Waals surface area contributed by atoms with Crippen molar-refractivity contribution in [1.29, 1.82) is 0 Å². The molecule has 0 bridgehead atoms. The van der Waals surface area contributed by atoms with Gasteiger partial charge < -0.3 is 0 Å². The van der Waals surface area contributed by atoms with Gasteiger partial charge in [-0.1, -0.05) is 23.4 Å². The van der Waals surface area contributed by atoms with E-state index in [2.05, 4.69) is 0 Å². The lowest BCUT2D eigenvalue weighted by molar-refractivity contribution is -0.112. The van der Waals surface area contributed by atoms with Crippen LogP contribution < -0.4 is 0 Å². The summed E-state index contributed by atoms with van der Waals surface area (Å²) < 4.78 is 0. The standard InChI is InChI=1S/C10H9ClOS/c1-8(12)6-7-13-10-4-2-9(11)3-5-10/h2-7H,1H3/b7-6+. The molecular formula is C10H9ClOS. The smallest absolute Gasteiger partial charge is 0.153 e. The van der Waals surface area contributed by atoms with Gasteiger partial charge >= 0.3 is 0 Å². The van der Waals surface area contributed by atoms with E-state index in [0.29, 0.717) is 0 Å². The maximum absolute atomic E-state index is 10.6. The van der Waals surface area contributed by atoms with Crippen molar-refractivity contribution in [2.24, 2.45) is 0 Å². The molecule has 1 rings (SSSR count). The highest BCUT2D eigenvalue weighted by Crippen LogP contribution is 2.20. The molecule has 0 amide bonds. The fourth-order valence-corrected chi connectivity index (χ4v) is 1.56. The van der Waals surface area contributed by atoms with E-state index in [1.165, 1.54) is 18.7 Å². The Bertz CT molecular complexity index is 316. The van der Waals surface area contributed by atoms with Crippen molar-refractivity contribution >= 4 is 29.1 Å². The molecule has 0 aliphatic rings. The molecule has 0 saturated heterocycles. The summed E-state index contributed by atoms with van der Waals surface area (Å²) in [7, 11) is 0. The minimum atomic E-state index is 0.0569. The van der Waals surface area contributed by atoms with Crippen LogP contribution in [-0.4, -0.2) is 5.78 Å². The third kappa shape index (κ3) is 4.15. The SMILES string of the molecule is CC(=O)/C=C/Sc1ccc(Cl)cc1. The first-order chi connectivity index (χ1) is 6.18. The number of carbonyl (C=O) groups is 1. The number of hydrogen-bond acceptors (Lipinski definition) is 2. The molecule has 0 saturated carbocycles. The minimum absolute atomic E-state index is 0.0569. The summed E-state index contributed by atoms with van der Waals surface area (Å²) >= 11 is 7.21. The summed E-state index contributed by atoms with van der Waals surface area (Å²) in [5.41, 5.74) is 0. The zero-order chi connectivity index (χ0) is 9.68. The summed E-state index contributed by atoms with van der Waals surface area (Å²) in [6, 6.07) is 7.48. The molecule has 0 aliphatic heterocycles. The van der Waals surface area contributed by atoms with Gasteiger partial charge in [0.15, 0.2) is 5.78 Å². The molecular weight excluding hydrogens is 204 g/mol. The Morgan fingerprint density at radius 3 is 2.54 bits per heavy atom. The first-order valence-corrected chi connectivity index (χ1v) is 5.03. The Hall–Kier alpha value is -0.730. The van der Waals surface area contributed by atoms with Crippen LogP contribution in [0, 0.1) is 0 Å². The Balaban J connectivity index is 2.55. The third-order valence-corrected chi connectivity index (χ3v) is 2.39. The predicted molar refractivity (Wildman–Crippen MR) is 57.1 cm³/mol. The van der Waals surface area contributed by atoms with Crippen LogP contribution in [0.2, 0.25) is 5.02 Å². The number of thioether (sulfide) groups is 1. The molecule has 13 heavy (non-hydrogen) atoms. The molecule has 1 aromatic rings. The van der Waals surface area contributed by atoms with Gasteiger partial charge in [0.1, 0.15) is 0 Å². The minimum Gasteiger partial charge on any atom is -0.295 e. The van der Waals surface area contributed by atoms with E-state index in [4.69, 9.17) is 11.6 Å². The molecule has 0 radical (unpaired) electrons. The quantitative estimate of drug-likeness (QED) is 0.563. The van der Waals surface area contributed by atoms with Crippen LogP contribution in [-0.2, 0) is 4.79 Å². The highest BCUT2D eigenvalue weighted by atomic mass is 35.5. The summed E-state index contributed by atoms with van der Waals surface area (Å²) in [4.78, 5) is 11.6. The second-order valence-electron chi connectivity index (χ2n) is 2.49. The lowest BCUT2D eigenvalue weighted by Gasteiger charge is -1.94. The molecule has 0 unspecified atom stereocenters. The molecule has 0 aliphatic carbocycles. The number of carbonyl (C=O) groups excluding carboxylic acids is 1. The highest BCUT2D eigenvalue weighted by molar-refractivity contribution is 8.02. The van der Waals surface area contributed by atoms with E-state index in [1.54, 1.807) is 11.5 Å². The van der Waals surface area contributed by atoms with E-state index in [1.807, 2.05) is 24.3 Å². The van der Waals surface area contributed by atoms with Crippen LogP contribution in [0.15, 0.2) is 40.6 Å². The topological polar surface area (TPSA) is 17.1 Å². The van der Waals surface area contributed by atoms with Crippen LogP contribution in [0.25, 0.3) is 0 Å². The van der Waals surface area contributed by atoms with Gasteiger partial charge in [0, 0.05) is 9.92 Å². The normalized spacial score (nSPS) is 10.6. The average molecular weight is 213 g/mol. The van der Waals surface area contributed by atoms with Gasteiger partial charge in [0.2, 0.25) is 0 Å². The van der Waals surface area contributed by atoms with E-state index in [9.17, 15) is 4.79 Å². The zero-order valence-electron chi connectivity index (χ0n) is 7.16. The van der Waals surface area contributed by atoms with Crippen molar-refractivity contribution in [3.8, 4) is 0 Å². The molecule has 0 atom stereocenters. The Morgan fingerprint density at radius 1 is 1.38 bits per heavy atom. The summed E-state index contributed by atoms with van der Waals surface area (Å²) in [6.07, 6.45) is 1.54. The van der Waals surface area contributed by atoms with E-state index < -0.39 is 0 Å². The molecule has 3 heteroatoms. The molecule has 0 N–H and O–H groups in total. The van der Waals surface area contributed by atoms with Gasteiger partial charge in [-0.2, -0.15) is 0 Å². The van der Waals surface area contributed by atoms with E-state index in [-0.39, 0.29) is 5.78 Å². The van der Waals surface area contributed by atoms with Crippen LogP contribution >= 0.6 is 23.4 Å². The second-order valence-corrected chi connectivity index (χ2v) is 3.90. The molecule has 0 spiro atoms. The van der Waals surface area contributed by atoms with Gasteiger partial charge in [-0.25, -0.2) is 0 Å². The summed E-state index contributed by atoms with van der Waals surface area (Å²) in [6.45, 7) is 1.53. The van der Waals surface area contributed by atoms with Crippen LogP contribution in [0.4, 0.5) is 0 Å². The van der Waals surface area contributed by atoms with Gasteiger partial charge in [-0.3, -0.25) is 4.79 Å². The lowest BCUT2D eigenvalue weighted by atomic mass is 10.4. The Labute approximate surface area is 86.8 Å². The molecule has 0 heterocycles. The van der Waals surface area contributed by atoms with E-state index in [0.717, 1.165) is 9.92 Å². The zero-order valence-corrected chi connectivity index (χ0v) is 8.73. The number of benzene rings is 1. The maximum Gasteiger partial charge on any atom is 0.153 e. The number of allylic oxidation sites excluding steroid dienone is 1. The van der Waals surface area contributed by atoms with Crippen LogP contribution in [0.3, 0.4) is 0 Å². The molecule has 1 nitrogen and oxygen atoms in total. The lowest BCUT2D eigenvalue weighted by Crippen LogP contribution is -1.77. The second kappa shape index (κ2) is 5.10. The summed E-state index contributed by atoms with van der Waals surface area (Å²) in [5, 5.41) is 2.49. The van der Waals surface area contributed by atoms with Crippen molar-refractivity contribution in [3.63, 3.8) is 0 Å². The number of halogens is 1. The summed E-state index contributed by atoms with van der Waals surface area (Å²) in [5.74, 6) is 0.0569. The van der Waals surface area contributed by atoms with Crippen molar-refractivity contribution in [2.45, 2.75) is 11.8 Å². The van der Waals surface area contributed by atoms with Crippen molar-refractivity contribution < 1.29 is 4.79 Å². The number of rotatable bonds is 3. The number of ketones is 1. The predicted octanol–water partition coefficient (Wildman–Crippen LogP) is 3.53. The van der Waals surface area contributed by atoms with Gasteiger partial charge in [-0.15, -0.1) is 0 Å². The third-order valence-electron chi connectivity index (χ3n) is 1.32. The monoisotopic (exact) mass is 212 g/mol. The molecule has 0 aromatic heterocycles. The molecule has 68 valence electrons. The van der Waals surface area contributed by atoms with Crippen molar-refractivity contribution in [2.75, 3.05) is 0 Å². The van der Waals surface area contributed by atoms with Crippen LogP contribution in [0.1, 0.15) is 6.92 Å². The van der Waals surface area contributed by atoms with Crippen LogP contribution in [0.5, 0.6) is 0 Å². The van der Waals surface area contributed by atoms with Crippen molar-refractivity contribution in [1.82, 2.24) is 0 Å².